The largest absolute Gasteiger partial charge is 0.606 e. The van der Waals surface area contributed by atoms with Crippen molar-refractivity contribution in [3.05, 3.63) is 85.4 Å². The average molecular weight is 395 g/mol. The summed E-state index contributed by atoms with van der Waals surface area (Å²) in [6, 6.07) is 4.32. The fourth-order valence-electron chi connectivity index (χ4n) is 1.88. The number of hydrogen-bond acceptors (Lipinski definition) is 3. The third-order valence-electron chi connectivity index (χ3n) is 3.14. The molecule has 0 saturated carbocycles. The number of hydrogen-bond donors (Lipinski definition) is 0. The van der Waals surface area contributed by atoms with E-state index in [-0.39, 0.29) is 11.6 Å². The van der Waals surface area contributed by atoms with Gasteiger partial charge in [0.15, 0.2) is 23.3 Å². The summed E-state index contributed by atoms with van der Waals surface area (Å²) in [6.07, 6.45) is 0.0237. The Balaban J connectivity index is 2.47. The number of nitro groups is 1. The van der Waals surface area contributed by atoms with Gasteiger partial charge in [-0.25, -0.2) is 26.3 Å². The van der Waals surface area contributed by atoms with Crippen LogP contribution in [0.2, 0.25) is 0 Å². The van der Waals surface area contributed by atoms with Crippen LogP contribution in [0.4, 0.5) is 26.3 Å². The summed E-state index contributed by atoms with van der Waals surface area (Å²) in [5.74, 6) is -12.7. The highest BCUT2D eigenvalue weighted by molar-refractivity contribution is 7.94. The van der Waals surface area contributed by atoms with Gasteiger partial charge < -0.3 is 4.55 Å². The van der Waals surface area contributed by atoms with Gasteiger partial charge in [-0.2, -0.15) is 0 Å². The number of nitrogens with zero attached hydrogens (tertiary/aromatic N) is 1. The third-order valence-corrected chi connectivity index (χ3v) is 4.46. The van der Waals surface area contributed by atoms with Crippen molar-refractivity contribution in [3.8, 4) is 0 Å². The van der Waals surface area contributed by atoms with Crippen LogP contribution in [0.25, 0.3) is 6.08 Å². The van der Waals surface area contributed by atoms with Gasteiger partial charge in [-0.05, 0) is 12.1 Å². The van der Waals surface area contributed by atoms with Crippen molar-refractivity contribution >= 4 is 17.3 Å². The Kier molecular flexibility index (Phi) is 5.93. The van der Waals surface area contributed by atoms with Gasteiger partial charge in [-0.1, -0.05) is 12.1 Å². The maximum absolute atomic E-state index is 13.6. The Morgan fingerprint density at radius 1 is 0.923 bits per heavy atom. The van der Waals surface area contributed by atoms with Gasteiger partial charge in [0.2, 0.25) is 5.82 Å². The summed E-state index contributed by atoms with van der Waals surface area (Å²) in [5.41, 5.74) is -1.39. The van der Waals surface area contributed by atoms with Crippen LogP contribution in [0.15, 0.2) is 29.3 Å². The van der Waals surface area contributed by atoms with Crippen LogP contribution in [0.3, 0.4) is 0 Å². The molecule has 0 heterocycles. The van der Waals surface area contributed by atoms with Crippen molar-refractivity contribution in [2.24, 2.45) is 0 Å². The molecule has 138 valence electrons. The van der Waals surface area contributed by atoms with Gasteiger partial charge in [-0.15, -0.1) is 0 Å². The van der Waals surface area contributed by atoms with E-state index in [0.717, 1.165) is 12.1 Å². The number of rotatable bonds is 5. The minimum Gasteiger partial charge on any atom is -0.606 e. The Labute approximate surface area is 145 Å². The van der Waals surface area contributed by atoms with E-state index in [0.29, 0.717) is 0 Å². The van der Waals surface area contributed by atoms with Gasteiger partial charge in [0.05, 0.1) is 22.8 Å². The van der Waals surface area contributed by atoms with E-state index >= 15 is 0 Å². The van der Waals surface area contributed by atoms with Crippen molar-refractivity contribution < 1.29 is 35.8 Å². The Morgan fingerprint density at radius 2 is 1.38 bits per heavy atom. The second kappa shape index (κ2) is 7.79. The highest BCUT2D eigenvalue weighted by Gasteiger charge is 2.32. The summed E-state index contributed by atoms with van der Waals surface area (Å²) >= 11 is -2.51. The van der Waals surface area contributed by atoms with E-state index in [1.165, 1.54) is 12.1 Å². The molecule has 0 spiro atoms. The Hall–Kier alpha value is -2.53. The van der Waals surface area contributed by atoms with E-state index in [9.17, 15) is 41.0 Å². The number of halogens is 6. The van der Waals surface area contributed by atoms with Crippen LogP contribution in [0.1, 0.15) is 11.1 Å². The zero-order valence-electron chi connectivity index (χ0n) is 12.4. The van der Waals surface area contributed by atoms with Gasteiger partial charge >= 0.3 is 5.03 Å². The lowest BCUT2D eigenvalue weighted by molar-refractivity contribution is -0.410. The second-order valence-corrected chi connectivity index (χ2v) is 6.24. The van der Waals surface area contributed by atoms with Crippen LogP contribution in [0, 0.1) is 45.0 Å². The lowest BCUT2D eigenvalue weighted by atomic mass is 10.1. The minimum atomic E-state index is -2.51. The molecule has 26 heavy (non-hydrogen) atoms. The average Bonchev–Trinajstić information content (AvgIpc) is 2.60. The maximum Gasteiger partial charge on any atom is 0.441 e. The van der Waals surface area contributed by atoms with E-state index in [4.69, 9.17) is 0 Å². The van der Waals surface area contributed by atoms with Crippen molar-refractivity contribution in [1.29, 1.82) is 0 Å². The Bertz CT molecular complexity index is 859. The van der Waals surface area contributed by atoms with Crippen molar-refractivity contribution in [3.63, 3.8) is 0 Å². The molecule has 0 aliphatic rings. The van der Waals surface area contributed by atoms with E-state index < -0.39 is 67.3 Å². The minimum absolute atomic E-state index is 0.0237. The molecule has 1 unspecified atom stereocenters. The summed E-state index contributed by atoms with van der Waals surface area (Å²) < 4.78 is 91.5. The predicted octanol–water partition coefficient (Wildman–Crippen LogP) is 4.05. The Morgan fingerprint density at radius 3 is 1.85 bits per heavy atom. The normalized spacial score (nSPS) is 13.0. The maximum atomic E-state index is 13.6. The smallest absolute Gasteiger partial charge is 0.441 e. The van der Waals surface area contributed by atoms with Crippen LogP contribution >= 0.6 is 0 Å². The molecule has 0 aliphatic carbocycles. The van der Waals surface area contributed by atoms with E-state index in [1.807, 2.05) is 0 Å². The molecular formula is C15H7F6NO3S. The van der Waals surface area contributed by atoms with E-state index in [2.05, 4.69) is 0 Å². The fraction of sp³-hybridized carbons (Fsp3) is 0.0667. The van der Waals surface area contributed by atoms with Gasteiger partial charge in [0.25, 0.3) is 0 Å². The monoisotopic (exact) mass is 395 g/mol. The summed E-state index contributed by atoms with van der Waals surface area (Å²) in [4.78, 5) is 9.76. The molecule has 11 heteroatoms. The van der Waals surface area contributed by atoms with Gasteiger partial charge in [-0.3, -0.25) is 10.1 Å². The molecule has 0 bridgehead atoms. The SMILES string of the molecule is O=[N+]([O-])C(=Cc1c(F)c(F)c(F)c(F)c1F)[S+]([O-])Cc1ccc(F)cc1. The molecule has 2 aromatic carbocycles. The van der Waals surface area contributed by atoms with E-state index in [1.54, 1.807) is 0 Å². The number of benzene rings is 2. The second-order valence-electron chi connectivity index (χ2n) is 4.84. The highest BCUT2D eigenvalue weighted by Crippen LogP contribution is 2.27. The molecule has 0 saturated heterocycles. The third kappa shape index (κ3) is 3.99. The summed E-state index contributed by atoms with van der Waals surface area (Å²) in [6.45, 7) is 0. The first-order valence-electron chi connectivity index (χ1n) is 6.63. The first kappa shape index (κ1) is 19.8. The van der Waals surface area contributed by atoms with Gasteiger partial charge in [0, 0.05) is 5.56 Å². The quantitative estimate of drug-likeness (QED) is 0.192. The van der Waals surface area contributed by atoms with Gasteiger partial charge in [0.1, 0.15) is 16.5 Å². The topological polar surface area (TPSA) is 66.2 Å². The lowest BCUT2D eigenvalue weighted by Crippen LogP contribution is -2.15. The first-order valence-corrected chi connectivity index (χ1v) is 7.95. The van der Waals surface area contributed by atoms with Crippen molar-refractivity contribution in [2.75, 3.05) is 0 Å². The molecule has 0 radical (unpaired) electrons. The molecule has 4 nitrogen and oxygen atoms in total. The highest BCUT2D eigenvalue weighted by atomic mass is 32.2. The molecule has 1 atom stereocenters. The first-order chi connectivity index (χ1) is 12.1. The van der Waals surface area contributed by atoms with Crippen molar-refractivity contribution in [1.82, 2.24) is 0 Å². The standard InChI is InChI=1S/C15H7F6NO3S/c16-8-3-1-7(2-4-8)6-26(25)10(22(23)24)5-9-11(17)13(19)15(21)14(20)12(9)18/h1-5H,6H2. The zero-order valence-corrected chi connectivity index (χ0v) is 13.3. The molecule has 0 fully saturated rings. The molecule has 2 rings (SSSR count). The van der Waals surface area contributed by atoms with Crippen LogP contribution in [-0.4, -0.2) is 9.48 Å². The molecule has 0 aromatic heterocycles. The summed E-state index contributed by atoms with van der Waals surface area (Å²) in [5, 5.41) is 9.75. The molecule has 0 aliphatic heterocycles. The molecule has 0 N–H and O–H groups in total. The van der Waals surface area contributed by atoms with Crippen LogP contribution in [0.5, 0.6) is 0 Å². The molecular weight excluding hydrogens is 388 g/mol. The molecule has 0 amide bonds. The van der Waals surface area contributed by atoms with Crippen molar-refractivity contribution in [2.45, 2.75) is 5.75 Å². The summed E-state index contributed by atoms with van der Waals surface area (Å²) in [7, 11) is 0. The lowest BCUT2D eigenvalue weighted by Gasteiger charge is -2.08. The van der Waals surface area contributed by atoms with Crippen LogP contribution < -0.4 is 0 Å². The zero-order chi connectivity index (χ0) is 19.6. The van der Waals surface area contributed by atoms with Crippen LogP contribution in [-0.2, 0) is 16.9 Å². The molecule has 2 aromatic rings. The fourth-order valence-corrected chi connectivity index (χ4v) is 2.94. The predicted molar refractivity (Wildman–Crippen MR) is 79.4 cm³/mol.